The first-order chi connectivity index (χ1) is 9.72. The Labute approximate surface area is 117 Å². The van der Waals surface area contributed by atoms with Crippen LogP contribution in [-0.4, -0.2) is 9.97 Å². The van der Waals surface area contributed by atoms with Gasteiger partial charge in [0.05, 0.1) is 5.69 Å². The molecule has 0 amide bonds. The van der Waals surface area contributed by atoms with Crippen molar-refractivity contribution in [3.05, 3.63) is 57.3 Å². The van der Waals surface area contributed by atoms with Crippen LogP contribution in [0.15, 0.2) is 29.1 Å². The molecule has 4 heteroatoms. The molecule has 0 radical (unpaired) electrons. The average Bonchev–Trinajstić information content (AvgIpc) is 2.47. The predicted molar refractivity (Wildman–Crippen MR) is 77.0 cm³/mol. The first-order valence-electron chi connectivity index (χ1n) is 7.03. The van der Waals surface area contributed by atoms with Crippen LogP contribution < -0.4 is 10.3 Å². The summed E-state index contributed by atoms with van der Waals surface area (Å²) < 4.78 is 5.66. The number of fused-ring (bicyclic) bond motifs is 1. The van der Waals surface area contributed by atoms with Gasteiger partial charge < -0.3 is 9.72 Å². The molecule has 0 unspecified atom stereocenters. The van der Waals surface area contributed by atoms with Gasteiger partial charge in [0.15, 0.2) is 0 Å². The Kier molecular flexibility index (Phi) is 3.54. The Morgan fingerprint density at radius 1 is 1.20 bits per heavy atom. The molecule has 0 atom stereocenters. The Morgan fingerprint density at radius 2 is 1.95 bits per heavy atom. The number of aromatic nitrogens is 2. The standard InChI is InChI=1S/C16H18N2O2/c1-11-6-8-12(9-7-11)20-10-15-17-14-5-3-2-4-13(14)16(19)18-15/h6-9H,2-5,10H2,1H3,(H,17,18,19). The smallest absolute Gasteiger partial charge is 0.254 e. The summed E-state index contributed by atoms with van der Waals surface area (Å²) >= 11 is 0. The summed E-state index contributed by atoms with van der Waals surface area (Å²) in [5.74, 6) is 1.40. The first kappa shape index (κ1) is 12.9. The summed E-state index contributed by atoms with van der Waals surface area (Å²) in [6.45, 7) is 2.33. The molecule has 1 aromatic carbocycles. The topological polar surface area (TPSA) is 55.0 Å². The molecule has 0 aliphatic heterocycles. The van der Waals surface area contributed by atoms with Crippen LogP contribution in [0.2, 0.25) is 0 Å². The second-order valence-electron chi connectivity index (χ2n) is 5.25. The lowest BCUT2D eigenvalue weighted by molar-refractivity contribution is 0.294. The van der Waals surface area contributed by atoms with Gasteiger partial charge in [0.1, 0.15) is 18.2 Å². The fraction of sp³-hybridized carbons (Fsp3) is 0.375. The van der Waals surface area contributed by atoms with E-state index in [4.69, 9.17) is 4.74 Å². The van der Waals surface area contributed by atoms with Crippen LogP contribution >= 0.6 is 0 Å². The number of benzene rings is 1. The van der Waals surface area contributed by atoms with Gasteiger partial charge in [0, 0.05) is 5.56 Å². The quantitative estimate of drug-likeness (QED) is 0.932. The molecule has 104 valence electrons. The number of H-pyrrole nitrogens is 1. The number of aryl methyl sites for hydroxylation is 2. The third-order valence-electron chi connectivity index (χ3n) is 3.64. The van der Waals surface area contributed by atoms with Gasteiger partial charge in [-0.2, -0.15) is 0 Å². The molecule has 0 fully saturated rings. The molecule has 1 aromatic heterocycles. The van der Waals surface area contributed by atoms with E-state index in [2.05, 4.69) is 9.97 Å². The number of hydrogen-bond donors (Lipinski definition) is 1. The lowest BCUT2D eigenvalue weighted by atomic mass is 9.97. The van der Waals surface area contributed by atoms with Gasteiger partial charge in [0.25, 0.3) is 5.56 Å². The summed E-state index contributed by atoms with van der Waals surface area (Å²) in [5, 5.41) is 0. The molecule has 4 nitrogen and oxygen atoms in total. The highest BCUT2D eigenvalue weighted by atomic mass is 16.5. The molecule has 0 saturated heterocycles. The zero-order valence-electron chi connectivity index (χ0n) is 11.6. The number of hydrogen-bond acceptors (Lipinski definition) is 3. The van der Waals surface area contributed by atoms with E-state index in [1.54, 1.807) is 0 Å². The lowest BCUT2D eigenvalue weighted by Crippen LogP contribution is -2.23. The van der Waals surface area contributed by atoms with Crippen molar-refractivity contribution in [2.75, 3.05) is 0 Å². The molecule has 0 bridgehead atoms. The van der Waals surface area contributed by atoms with E-state index in [-0.39, 0.29) is 5.56 Å². The molecular formula is C16H18N2O2. The summed E-state index contributed by atoms with van der Waals surface area (Å²) in [5.41, 5.74) is 2.99. The highest BCUT2D eigenvalue weighted by molar-refractivity contribution is 5.26. The van der Waals surface area contributed by atoms with Crippen molar-refractivity contribution < 1.29 is 4.74 Å². The average molecular weight is 270 g/mol. The lowest BCUT2D eigenvalue weighted by Gasteiger charge is -2.14. The van der Waals surface area contributed by atoms with Gasteiger partial charge in [-0.3, -0.25) is 4.79 Å². The second-order valence-corrected chi connectivity index (χ2v) is 5.25. The van der Waals surface area contributed by atoms with Crippen molar-refractivity contribution in [2.24, 2.45) is 0 Å². The SMILES string of the molecule is Cc1ccc(OCc2nc3c(c(=O)[nH]2)CCCC3)cc1. The van der Waals surface area contributed by atoms with Gasteiger partial charge in [-0.15, -0.1) is 0 Å². The minimum Gasteiger partial charge on any atom is -0.486 e. The highest BCUT2D eigenvalue weighted by Gasteiger charge is 2.15. The van der Waals surface area contributed by atoms with E-state index in [9.17, 15) is 4.79 Å². The zero-order chi connectivity index (χ0) is 13.9. The van der Waals surface area contributed by atoms with Gasteiger partial charge >= 0.3 is 0 Å². The minimum atomic E-state index is -0.00259. The maximum Gasteiger partial charge on any atom is 0.254 e. The van der Waals surface area contributed by atoms with E-state index in [0.29, 0.717) is 12.4 Å². The molecule has 1 aliphatic rings. The van der Waals surface area contributed by atoms with E-state index in [1.807, 2.05) is 31.2 Å². The van der Waals surface area contributed by atoms with Crippen molar-refractivity contribution in [3.63, 3.8) is 0 Å². The summed E-state index contributed by atoms with van der Waals surface area (Å²) in [6.07, 6.45) is 3.94. The molecule has 1 aliphatic carbocycles. The van der Waals surface area contributed by atoms with Crippen LogP contribution in [0.1, 0.15) is 35.5 Å². The van der Waals surface area contributed by atoms with Crippen LogP contribution in [0.3, 0.4) is 0 Å². The largest absolute Gasteiger partial charge is 0.486 e. The Hall–Kier alpha value is -2.10. The van der Waals surface area contributed by atoms with Crippen LogP contribution in [0, 0.1) is 6.92 Å². The summed E-state index contributed by atoms with van der Waals surface area (Å²) in [7, 11) is 0. The highest BCUT2D eigenvalue weighted by Crippen LogP contribution is 2.16. The fourth-order valence-electron chi connectivity index (χ4n) is 2.51. The number of rotatable bonds is 3. The molecule has 20 heavy (non-hydrogen) atoms. The van der Waals surface area contributed by atoms with E-state index >= 15 is 0 Å². The predicted octanol–water partition coefficient (Wildman–Crippen LogP) is 2.54. The second kappa shape index (κ2) is 5.49. The molecule has 0 saturated carbocycles. The van der Waals surface area contributed by atoms with Crippen LogP contribution in [0.25, 0.3) is 0 Å². The Morgan fingerprint density at radius 3 is 2.75 bits per heavy atom. The third-order valence-corrected chi connectivity index (χ3v) is 3.64. The van der Waals surface area contributed by atoms with Crippen molar-refractivity contribution >= 4 is 0 Å². The molecule has 3 rings (SSSR count). The van der Waals surface area contributed by atoms with E-state index < -0.39 is 0 Å². The Balaban J connectivity index is 1.76. The van der Waals surface area contributed by atoms with Gasteiger partial charge in [-0.05, 0) is 44.7 Å². The number of aromatic amines is 1. The van der Waals surface area contributed by atoms with E-state index in [1.165, 1.54) is 5.56 Å². The Bertz CT molecular complexity index is 659. The van der Waals surface area contributed by atoms with Gasteiger partial charge in [-0.1, -0.05) is 17.7 Å². The monoisotopic (exact) mass is 270 g/mol. The molecular weight excluding hydrogens is 252 g/mol. The number of nitrogens with zero attached hydrogens (tertiary/aromatic N) is 1. The van der Waals surface area contributed by atoms with Crippen LogP contribution in [-0.2, 0) is 19.4 Å². The molecule has 1 heterocycles. The first-order valence-corrected chi connectivity index (χ1v) is 7.03. The fourth-order valence-corrected chi connectivity index (χ4v) is 2.51. The van der Waals surface area contributed by atoms with E-state index in [0.717, 1.165) is 42.7 Å². The normalized spacial score (nSPS) is 13.8. The maximum absolute atomic E-state index is 12.0. The maximum atomic E-state index is 12.0. The molecule has 1 N–H and O–H groups in total. The summed E-state index contributed by atoms with van der Waals surface area (Å²) in [4.78, 5) is 19.3. The molecule has 0 spiro atoms. The zero-order valence-corrected chi connectivity index (χ0v) is 11.6. The minimum absolute atomic E-state index is 0.00259. The van der Waals surface area contributed by atoms with Crippen molar-refractivity contribution in [1.29, 1.82) is 0 Å². The van der Waals surface area contributed by atoms with Crippen LogP contribution in [0.4, 0.5) is 0 Å². The number of ether oxygens (including phenoxy) is 1. The number of nitrogens with one attached hydrogen (secondary N) is 1. The summed E-state index contributed by atoms with van der Waals surface area (Å²) in [6, 6.07) is 7.84. The van der Waals surface area contributed by atoms with Crippen LogP contribution in [0.5, 0.6) is 5.75 Å². The van der Waals surface area contributed by atoms with Gasteiger partial charge in [-0.25, -0.2) is 4.98 Å². The van der Waals surface area contributed by atoms with Crippen molar-refractivity contribution in [2.45, 2.75) is 39.2 Å². The van der Waals surface area contributed by atoms with Crippen molar-refractivity contribution in [3.8, 4) is 5.75 Å². The third kappa shape index (κ3) is 2.74. The molecule has 2 aromatic rings. The van der Waals surface area contributed by atoms with Crippen molar-refractivity contribution in [1.82, 2.24) is 9.97 Å². The van der Waals surface area contributed by atoms with Gasteiger partial charge in [0.2, 0.25) is 0 Å².